The average Bonchev–Trinajstić information content (AvgIpc) is 2.18. The van der Waals surface area contributed by atoms with Gasteiger partial charge in [0.2, 0.25) is 0 Å². The summed E-state index contributed by atoms with van der Waals surface area (Å²) in [5, 5.41) is 2.80. The summed E-state index contributed by atoms with van der Waals surface area (Å²) in [6.45, 7) is 2.36. The van der Waals surface area contributed by atoms with Gasteiger partial charge in [0, 0.05) is 5.69 Å². The minimum absolute atomic E-state index is 0.0270. The lowest BCUT2D eigenvalue weighted by atomic mass is 10.3. The maximum absolute atomic E-state index is 12.1. The second-order valence-corrected chi connectivity index (χ2v) is 5.20. The van der Waals surface area contributed by atoms with Gasteiger partial charge in [-0.15, -0.1) is 0 Å². The van der Waals surface area contributed by atoms with E-state index in [4.69, 9.17) is 9.05 Å². The van der Waals surface area contributed by atoms with Crippen molar-refractivity contribution < 1.29 is 13.6 Å². The first kappa shape index (κ1) is 10.7. The molecule has 2 atom stereocenters. The molecule has 2 rings (SSSR count). The minimum atomic E-state index is -3.14. The van der Waals surface area contributed by atoms with E-state index in [1.54, 1.807) is 0 Å². The number of anilines is 1. The molecular weight excluding hydrogens is 213 g/mol. The smallest absolute Gasteiger partial charge is 0.293 e. The summed E-state index contributed by atoms with van der Waals surface area (Å²) in [7, 11) is -3.14. The largest absolute Gasteiger partial charge is 0.432 e. The van der Waals surface area contributed by atoms with Gasteiger partial charge in [-0.2, -0.15) is 0 Å². The van der Waals surface area contributed by atoms with Gasteiger partial charge in [-0.3, -0.25) is 14.1 Å². The molecule has 4 nitrogen and oxygen atoms in total. The van der Waals surface area contributed by atoms with Gasteiger partial charge in [-0.25, -0.2) is 4.57 Å². The third-order valence-corrected chi connectivity index (χ3v) is 3.84. The number of para-hydroxylation sites is 1. The van der Waals surface area contributed by atoms with Crippen molar-refractivity contribution in [2.45, 2.75) is 19.4 Å². The summed E-state index contributed by atoms with van der Waals surface area (Å²) in [6.07, 6.45) is 0.751. The Morgan fingerprint density at radius 1 is 1.40 bits per heavy atom. The fourth-order valence-electron chi connectivity index (χ4n) is 1.39. The van der Waals surface area contributed by atoms with Crippen molar-refractivity contribution in [3.63, 3.8) is 0 Å². The summed E-state index contributed by atoms with van der Waals surface area (Å²) in [4.78, 5) is 0. The van der Waals surface area contributed by atoms with E-state index in [2.05, 4.69) is 5.09 Å². The number of hydrogen-bond acceptors (Lipinski definition) is 3. The Labute approximate surface area is 89.2 Å². The lowest BCUT2D eigenvalue weighted by Gasteiger charge is -2.28. The molecule has 1 heterocycles. The van der Waals surface area contributed by atoms with Gasteiger partial charge in [-0.1, -0.05) is 18.2 Å². The van der Waals surface area contributed by atoms with E-state index in [1.807, 2.05) is 37.3 Å². The molecule has 5 heteroatoms. The predicted molar refractivity (Wildman–Crippen MR) is 58.8 cm³/mol. The van der Waals surface area contributed by atoms with Crippen LogP contribution in [0.15, 0.2) is 30.3 Å². The summed E-state index contributed by atoms with van der Waals surface area (Å²) in [5.74, 6) is 0. The molecule has 0 saturated carbocycles. The Balaban J connectivity index is 2.07. The van der Waals surface area contributed by atoms with Gasteiger partial charge in [0.25, 0.3) is 0 Å². The van der Waals surface area contributed by atoms with E-state index >= 15 is 0 Å². The van der Waals surface area contributed by atoms with E-state index in [-0.39, 0.29) is 6.10 Å². The minimum Gasteiger partial charge on any atom is -0.293 e. The maximum atomic E-state index is 12.1. The lowest BCUT2D eigenvalue weighted by Crippen LogP contribution is -2.20. The van der Waals surface area contributed by atoms with E-state index in [1.165, 1.54) is 0 Å². The highest BCUT2D eigenvalue weighted by Crippen LogP contribution is 2.51. The van der Waals surface area contributed by atoms with Crippen LogP contribution in [0.3, 0.4) is 0 Å². The zero-order valence-electron chi connectivity index (χ0n) is 8.55. The molecule has 1 aromatic carbocycles. The van der Waals surface area contributed by atoms with Crippen LogP contribution >= 0.6 is 7.75 Å². The van der Waals surface area contributed by atoms with Crippen molar-refractivity contribution in [1.29, 1.82) is 0 Å². The molecule has 15 heavy (non-hydrogen) atoms. The normalized spacial score (nSPS) is 31.1. The van der Waals surface area contributed by atoms with Gasteiger partial charge in [0.15, 0.2) is 0 Å². The molecule has 1 aliphatic heterocycles. The number of benzene rings is 1. The molecular formula is C10H14NO3P. The fraction of sp³-hybridized carbons (Fsp3) is 0.400. The molecule has 1 saturated heterocycles. The first-order chi connectivity index (χ1) is 7.18. The quantitative estimate of drug-likeness (QED) is 0.789. The summed E-state index contributed by atoms with van der Waals surface area (Å²) >= 11 is 0. The van der Waals surface area contributed by atoms with Gasteiger partial charge < -0.3 is 0 Å². The topological polar surface area (TPSA) is 47.6 Å². The number of nitrogens with one attached hydrogen (secondary N) is 1. The summed E-state index contributed by atoms with van der Waals surface area (Å²) < 4.78 is 22.5. The molecule has 0 aromatic heterocycles. The average molecular weight is 227 g/mol. The van der Waals surface area contributed by atoms with Gasteiger partial charge in [-0.05, 0) is 25.5 Å². The molecule has 1 aliphatic rings. The Bertz CT molecular complexity index is 368. The highest BCUT2D eigenvalue weighted by Gasteiger charge is 2.31. The van der Waals surface area contributed by atoms with Crippen molar-refractivity contribution in [3.05, 3.63) is 30.3 Å². The van der Waals surface area contributed by atoms with E-state index < -0.39 is 7.75 Å². The molecule has 0 radical (unpaired) electrons. The van der Waals surface area contributed by atoms with E-state index in [0.717, 1.165) is 12.1 Å². The second-order valence-electron chi connectivity index (χ2n) is 3.51. The fourth-order valence-corrected chi connectivity index (χ4v) is 2.96. The number of hydrogen-bond donors (Lipinski definition) is 1. The highest BCUT2D eigenvalue weighted by molar-refractivity contribution is 7.55. The van der Waals surface area contributed by atoms with E-state index in [9.17, 15) is 4.57 Å². The SMILES string of the molecule is C[C@@H]1CCO[P@](=O)(Nc2ccccc2)O1. The van der Waals surface area contributed by atoms with Gasteiger partial charge in [0.05, 0.1) is 12.7 Å². The van der Waals surface area contributed by atoms with Crippen molar-refractivity contribution in [2.75, 3.05) is 11.7 Å². The molecule has 0 bridgehead atoms. The molecule has 0 spiro atoms. The van der Waals surface area contributed by atoms with Crippen LogP contribution in [0.5, 0.6) is 0 Å². The van der Waals surface area contributed by atoms with Gasteiger partial charge >= 0.3 is 7.75 Å². The second kappa shape index (κ2) is 4.35. The first-order valence-corrected chi connectivity index (χ1v) is 6.48. The van der Waals surface area contributed by atoms with Crippen LogP contribution in [-0.4, -0.2) is 12.7 Å². The van der Waals surface area contributed by atoms with Crippen molar-refractivity contribution in [1.82, 2.24) is 0 Å². The van der Waals surface area contributed by atoms with Crippen LogP contribution in [-0.2, 0) is 13.6 Å². The molecule has 1 N–H and O–H groups in total. The van der Waals surface area contributed by atoms with Crippen molar-refractivity contribution in [3.8, 4) is 0 Å². The molecule has 0 unspecified atom stereocenters. The van der Waals surface area contributed by atoms with Crippen LogP contribution in [0.2, 0.25) is 0 Å². The first-order valence-electron chi connectivity index (χ1n) is 4.94. The van der Waals surface area contributed by atoms with Crippen LogP contribution in [0, 0.1) is 0 Å². The van der Waals surface area contributed by atoms with Gasteiger partial charge in [0.1, 0.15) is 0 Å². The Morgan fingerprint density at radius 3 is 2.80 bits per heavy atom. The third-order valence-electron chi connectivity index (χ3n) is 2.14. The Hall–Kier alpha value is -0.830. The lowest BCUT2D eigenvalue weighted by molar-refractivity contribution is 0.0955. The zero-order valence-corrected chi connectivity index (χ0v) is 9.44. The van der Waals surface area contributed by atoms with Crippen molar-refractivity contribution >= 4 is 13.4 Å². The monoisotopic (exact) mass is 227 g/mol. The zero-order chi connectivity index (χ0) is 10.7. The molecule has 0 amide bonds. The predicted octanol–water partition coefficient (Wildman–Crippen LogP) is 3.03. The Kier molecular flexibility index (Phi) is 3.10. The van der Waals surface area contributed by atoms with E-state index in [0.29, 0.717) is 6.61 Å². The van der Waals surface area contributed by atoms with Crippen LogP contribution in [0.4, 0.5) is 5.69 Å². The Morgan fingerprint density at radius 2 is 2.13 bits per heavy atom. The standard InChI is InChI=1S/C10H14NO3P/c1-9-7-8-13-15(12,14-9)11-10-5-3-2-4-6-10/h2-6,9H,7-8H2,1H3,(H,11,12)/t9-,15-/m1/s1. The maximum Gasteiger partial charge on any atom is 0.432 e. The van der Waals surface area contributed by atoms with Crippen molar-refractivity contribution in [2.24, 2.45) is 0 Å². The molecule has 1 fully saturated rings. The van der Waals surface area contributed by atoms with Crippen LogP contribution in [0.25, 0.3) is 0 Å². The van der Waals surface area contributed by atoms with Crippen LogP contribution in [0.1, 0.15) is 13.3 Å². The molecule has 1 aromatic rings. The third kappa shape index (κ3) is 2.81. The number of rotatable bonds is 2. The summed E-state index contributed by atoms with van der Waals surface area (Å²) in [5.41, 5.74) is 0.745. The van der Waals surface area contributed by atoms with Crippen LogP contribution < -0.4 is 5.09 Å². The molecule has 0 aliphatic carbocycles. The molecule has 82 valence electrons. The summed E-state index contributed by atoms with van der Waals surface area (Å²) in [6, 6.07) is 9.27. The highest BCUT2D eigenvalue weighted by atomic mass is 31.2.